The smallest absolute Gasteiger partial charge is 0.253 e. The fraction of sp³-hybridized carbons (Fsp3) is 0.533. The quantitative estimate of drug-likeness (QED) is 0.865. The van der Waals surface area contributed by atoms with Crippen molar-refractivity contribution < 1.29 is 19.4 Å². The topological polar surface area (TPSA) is 59.0 Å². The van der Waals surface area contributed by atoms with E-state index in [2.05, 4.69) is 0 Å². The monoisotopic (exact) mass is 281 g/mol. The van der Waals surface area contributed by atoms with E-state index in [1.807, 2.05) is 6.92 Å². The Morgan fingerprint density at radius 1 is 1.35 bits per heavy atom. The number of likely N-dealkylation sites (N-methyl/N-ethyl adjacent to an activating group) is 1. The Bertz CT molecular complexity index is 465. The molecule has 0 spiro atoms. The number of aliphatic hydroxyl groups is 1. The fourth-order valence-corrected chi connectivity index (χ4v) is 1.95. The van der Waals surface area contributed by atoms with Gasteiger partial charge in [0.2, 0.25) is 0 Å². The molecule has 0 saturated heterocycles. The molecule has 1 aromatic rings. The third-order valence-corrected chi connectivity index (χ3v) is 2.68. The number of hydrogen-bond acceptors (Lipinski definition) is 4. The van der Waals surface area contributed by atoms with E-state index in [9.17, 15) is 9.90 Å². The second-order valence-electron chi connectivity index (χ2n) is 5.27. The van der Waals surface area contributed by atoms with E-state index in [-0.39, 0.29) is 12.5 Å². The Morgan fingerprint density at radius 3 is 2.50 bits per heavy atom. The molecule has 0 unspecified atom stereocenters. The normalized spacial score (nSPS) is 11.1. The summed E-state index contributed by atoms with van der Waals surface area (Å²) < 4.78 is 10.6. The van der Waals surface area contributed by atoms with Crippen molar-refractivity contribution in [1.29, 1.82) is 0 Å². The zero-order valence-electron chi connectivity index (χ0n) is 12.8. The van der Waals surface area contributed by atoms with Crippen LogP contribution in [0, 0.1) is 0 Å². The lowest BCUT2D eigenvalue weighted by molar-refractivity contribution is 0.0367. The van der Waals surface area contributed by atoms with E-state index < -0.39 is 5.60 Å². The van der Waals surface area contributed by atoms with Crippen molar-refractivity contribution in [2.24, 2.45) is 0 Å². The first-order chi connectivity index (χ1) is 9.28. The molecule has 0 aliphatic heterocycles. The Labute approximate surface area is 120 Å². The molecule has 0 aliphatic carbocycles. The summed E-state index contributed by atoms with van der Waals surface area (Å²) in [5.41, 5.74) is -0.430. The van der Waals surface area contributed by atoms with Gasteiger partial charge in [-0.05, 0) is 39.0 Å². The average Bonchev–Trinajstić information content (AvgIpc) is 2.36. The molecular formula is C15H23NO4. The molecule has 1 N–H and O–H groups in total. The minimum atomic E-state index is -0.931. The molecule has 0 fully saturated rings. The number of methoxy groups -OCH3 is 1. The lowest BCUT2D eigenvalue weighted by Gasteiger charge is -2.25. The maximum Gasteiger partial charge on any atom is 0.253 e. The number of ether oxygens (including phenoxy) is 2. The van der Waals surface area contributed by atoms with E-state index in [1.54, 1.807) is 46.2 Å². The molecule has 0 atom stereocenters. The molecule has 0 aliphatic rings. The van der Waals surface area contributed by atoms with Crippen LogP contribution >= 0.6 is 0 Å². The summed E-state index contributed by atoms with van der Waals surface area (Å²) in [6.07, 6.45) is 0. The second kappa shape index (κ2) is 6.61. The molecular weight excluding hydrogens is 258 g/mol. The molecule has 1 aromatic carbocycles. The van der Waals surface area contributed by atoms with Gasteiger partial charge in [0.25, 0.3) is 5.91 Å². The highest BCUT2D eigenvalue weighted by Gasteiger charge is 2.21. The molecule has 0 heterocycles. The van der Waals surface area contributed by atoms with E-state index >= 15 is 0 Å². The highest BCUT2D eigenvalue weighted by Crippen LogP contribution is 2.28. The Morgan fingerprint density at radius 2 is 2.00 bits per heavy atom. The molecule has 0 aromatic heterocycles. The number of carbonyl (C=O) groups is 1. The number of benzene rings is 1. The first-order valence-electron chi connectivity index (χ1n) is 6.57. The summed E-state index contributed by atoms with van der Waals surface area (Å²) in [6, 6.07) is 5.05. The average molecular weight is 281 g/mol. The van der Waals surface area contributed by atoms with Gasteiger partial charge >= 0.3 is 0 Å². The van der Waals surface area contributed by atoms with Gasteiger partial charge in [0.15, 0.2) is 11.5 Å². The van der Waals surface area contributed by atoms with Crippen molar-refractivity contribution in [1.82, 2.24) is 4.90 Å². The molecule has 1 amide bonds. The lowest BCUT2D eigenvalue weighted by Crippen LogP contribution is -2.39. The third kappa shape index (κ3) is 4.42. The van der Waals surface area contributed by atoms with E-state index in [1.165, 1.54) is 4.90 Å². The molecule has 0 saturated carbocycles. The first-order valence-corrected chi connectivity index (χ1v) is 6.57. The van der Waals surface area contributed by atoms with Crippen LogP contribution in [0.15, 0.2) is 18.2 Å². The summed E-state index contributed by atoms with van der Waals surface area (Å²) in [4.78, 5) is 13.8. The number of nitrogens with zero attached hydrogens (tertiary/aromatic N) is 1. The van der Waals surface area contributed by atoms with Gasteiger partial charge in [0, 0.05) is 19.2 Å². The SMILES string of the molecule is CCOc1cc(C(=O)N(C)CC(C)(C)O)ccc1OC. The van der Waals surface area contributed by atoms with Crippen LogP contribution in [-0.2, 0) is 0 Å². The largest absolute Gasteiger partial charge is 0.493 e. The van der Waals surface area contributed by atoms with Crippen molar-refractivity contribution in [3.8, 4) is 11.5 Å². The van der Waals surface area contributed by atoms with Crippen LogP contribution in [0.3, 0.4) is 0 Å². The van der Waals surface area contributed by atoms with Crippen molar-refractivity contribution in [3.63, 3.8) is 0 Å². The Balaban J connectivity index is 2.96. The number of amides is 1. The molecule has 0 radical (unpaired) electrons. The summed E-state index contributed by atoms with van der Waals surface area (Å²) >= 11 is 0. The minimum absolute atomic E-state index is 0.171. The number of carbonyl (C=O) groups excluding carboxylic acids is 1. The van der Waals surface area contributed by atoms with Crippen molar-refractivity contribution >= 4 is 5.91 Å². The van der Waals surface area contributed by atoms with Gasteiger partial charge in [-0.1, -0.05) is 0 Å². The van der Waals surface area contributed by atoms with Crippen LogP contribution in [0.1, 0.15) is 31.1 Å². The first kappa shape index (κ1) is 16.3. The van der Waals surface area contributed by atoms with Crippen molar-refractivity contribution in [2.75, 3.05) is 27.3 Å². The predicted molar refractivity (Wildman–Crippen MR) is 77.4 cm³/mol. The van der Waals surface area contributed by atoms with E-state index in [0.717, 1.165) is 0 Å². The van der Waals surface area contributed by atoms with Gasteiger partial charge in [-0.25, -0.2) is 0 Å². The molecule has 1 rings (SSSR count). The molecule has 5 heteroatoms. The highest BCUT2D eigenvalue weighted by atomic mass is 16.5. The van der Waals surface area contributed by atoms with Gasteiger partial charge in [-0.3, -0.25) is 4.79 Å². The van der Waals surface area contributed by atoms with Gasteiger partial charge in [0.1, 0.15) is 0 Å². The molecule has 20 heavy (non-hydrogen) atoms. The van der Waals surface area contributed by atoms with Crippen LogP contribution in [0.2, 0.25) is 0 Å². The van der Waals surface area contributed by atoms with Gasteiger partial charge < -0.3 is 19.5 Å². The van der Waals surface area contributed by atoms with Crippen LogP contribution < -0.4 is 9.47 Å². The van der Waals surface area contributed by atoms with Crippen molar-refractivity contribution in [3.05, 3.63) is 23.8 Å². The van der Waals surface area contributed by atoms with Crippen LogP contribution in [0.5, 0.6) is 11.5 Å². The van der Waals surface area contributed by atoms with Crippen LogP contribution in [0.4, 0.5) is 0 Å². The Hall–Kier alpha value is -1.75. The predicted octanol–water partition coefficient (Wildman–Crippen LogP) is 1.94. The molecule has 0 bridgehead atoms. The van der Waals surface area contributed by atoms with Crippen molar-refractivity contribution in [2.45, 2.75) is 26.4 Å². The molecule has 5 nitrogen and oxygen atoms in total. The van der Waals surface area contributed by atoms with E-state index in [0.29, 0.717) is 23.7 Å². The zero-order valence-corrected chi connectivity index (χ0v) is 12.8. The Kier molecular flexibility index (Phi) is 5.39. The number of hydrogen-bond donors (Lipinski definition) is 1. The highest BCUT2D eigenvalue weighted by molar-refractivity contribution is 5.94. The summed E-state index contributed by atoms with van der Waals surface area (Å²) in [6.45, 7) is 5.94. The minimum Gasteiger partial charge on any atom is -0.493 e. The fourth-order valence-electron chi connectivity index (χ4n) is 1.95. The maximum atomic E-state index is 12.3. The standard InChI is InChI=1S/C15H23NO4/c1-6-20-13-9-11(7-8-12(13)19-5)14(17)16(4)10-15(2,3)18/h7-9,18H,6,10H2,1-5H3. The van der Waals surface area contributed by atoms with E-state index in [4.69, 9.17) is 9.47 Å². The third-order valence-electron chi connectivity index (χ3n) is 2.68. The van der Waals surface area contributed by atoms with Gasteiger partial charge in [-0.15, -0.1) is 0 Å². The molecule has 112 valence electrons. The second-order valence-corrected chi connectivity index (χ2v) is 5.27. The number of rotatable bonds is 6. The lowest BCUT2D eigenvalue weighted by atomic mass is 10.1. The van der Waals surface area contributed by atoms with Gasteiger partial charge in [0.05, 0.1) is 19.3 Å². The summed E-state index contributed by atoms with van der Waals surface area (Å²) in [5, 5.41) is 9.77. The van der Waals surface area contributed by atoms with Crippen LogP contribution in [-0.4, -0.2) is 48.8 Å². The zero-order chi connectivity index (χ0) is 15.3. The van der Waals surface area contributed by atoms with Crippen LogP contribution in [0.25, 0.3) is 0 Å². The summed E-state index contributed by atoms with van der Waals surface area (Å²) in [5.74, 6) is 0.960. The maximum absolute atomic E-state index is 12.3. The summed E-state index contributed by atoms with van der Waals surface area (Å²) in [7, 11) is 3.21. The van der Waals surface area contributed by atoms with Gasteiger partial charge in [-0.2, -0.15) is 0 Å².